The van der Waals surface area contributed by atoms with Crippen molar-refractivity contribution < 1.29 is 0 Å². The van der Waals surface area contributed by atoms with Crippen molar-refractivity contribution in [2.45, 2.75) is 0 Å². The Bertz CT molecular complexity index is 982. The van der Waals surface area contributed by atoms with E-state index in [0.717, 1.165) is 22.0 Å². The van der Waals surface area contributed by atoms with Gasteiger partial charge in [0.15, 0.2) is 0 Å². The van der Waals surface area contributed by atoms with Gasteiger partial charge in [-0.1, -0.05) is 18.2 Å². The molecule has 4 aromatic rings. The van der Waals surface area contributed by atoms with Crippen LogP contribution in [0.5, 0.6) is 0 Å². The average molecular weight is 261 g/mol. The van der Waals surface area contributed by atoms with Crippen LogP contribution in [0.2, 0.25) is 0 Å². The topological polar surface area (TPSA) is 50.2 Å². The second-order valence-corrected chi connectivity index (χ2v) is 4.73. The van der Waals surface area contributed by atoms with E-state index in [1.54, 1.807) is 6.20 Å². The highest BCUT2D eigenvalue weighted by molar-refractivity contribution is 5.84. The first-order chi connectivity index (χ1) is 9.81. The maximum absolute atomic E-state index is 11.7. The highest BCUT2D eigenvalue weighted by atomic mass is 16.1. The number of pyridine rings is 1. The van der Waals surface area contributed by atoms with E-state index in [1.807, 2.05) is 53.3 Å². The summed E-state index contributed by atoms with van der Waals surface area (Å²) in [6, 6.07) is 12.0. The SMILES string of the molecule is O=c1[nH]ccn2cc(-c3cnc4ccccc4c3)cc12. The molecule has 0 atom stereocenters. The molecule has 0 amide bonds. The van der Waals surface area contributed by atoms with Crippen molar-refractivity contribution in [3.63, 3.8) is 0 Å². The van der Waals surface area contributed by atoms with Crippen molar-refractivity contribution in [3.8, 4) is 11.1 Å². The summed E-state index contributed by atoms with van der Waals surface area (Å²) in [6.07, 6.45) is 7.24. The molecule has 0 saturated carbocycles. The van der Waals surface area contributed by atoms with E-state index >= 15 is 0 Å². The summed E-state index contributed by atoms with van der Waals surface area (Å²) in [5.41, 5.74) is 3.51. The van der Waals surface area contributed by atoms with E-state index < -0.39 is 0 Å². The Balaban J connectivity index is 1.96. The minimum absolute atomic E-state index is 0.0903. The second-order valence-electron chi connectivity index (χ2n) is 4.73. The van der Waals surface area contributed by atoms with Crippen LogP contribution >= 0.6 is 0 Å². The summed E-state index contributed by atoms with van der Waals surface area (Å²) >= 11 is 0. The zero-order chi connectivity index (χ0) is 13.5. The van der Waals surface area contributed by atoms with Gasteiger partial charge in [0.2, 0.25) is 0 Å². The molecule has 4 rings (SSSR count). The van der Waals surface area contributed by atoms with Crippen LogP contribution in [0, 0.1) is 0 Å². The van der Waals surface area contributed by atoms with Gasteiger partial charge in [-0.15, -0.1) is 0 Å². The Hall–Kier alpha value is -2.88. The molecule has 0 aliphatic rings. The number of aromatic nitrogens is 3. The second kappa shape index (κ2) is 4.06. The Morgan fingerprint density at radius 2 is 2.00 bits per heavy atom. The summed E-state index contributed by atoms with van der Waals surface area (Å²) in [4.78, 5) is 18.9. The summed E-state index contributed by atoms with van der Waals surface area (Å²) in [6.45, 7) is 0. The monoisotopic (exact) mass is 261 g/mol. The van der Waals surface area contributed by atoms with Crippen molar-refractivity contribution >= 4 is 16.4 Å². The summed E-state index contributed by atoms with van der Waals surface area (Å²) in [5.74, 6) is 0. The minimum Gasteiger partial charge on any atom is -0.326 e. The van der Waals surface area contributed by atoms with Crippen molar-refractivity contribution in [2.24, 2.45) is 0 Å². The first kappa shape index (κ1) is 11.0. The first-order valence-corrected chi connectivity index (χ1v) is 6.36. The molecule has 96 valence electrons. The molecular weight excluding hydrogens is 250 g/mol. The maximum Gasteiger partial charge on any atom is 0.272 e. The summed E-state index contributed by atoms with van der Waals surface area (Å²) in [7, 11) is 0. The largest absolute Gasteiger partial charge is 0.326 e. The molecule has 3 aromatic heterocycles. The summed E-state index contributed by atoms with van der Waals surface area (Å²) in [5, 5.41) is 1.09. The molecule has 0 spiro atoms. The van der Waals surface area contributed by atoms with Crippen LogP contribution in [-0.4, -0.2) is 14.4 Å². The normalized spacial score (nSPS) is 11.2. The van der Waals surface area contributed by atoms with Crippen LogP contribution in [-0.2, 0) is 0 Å². The van der Waals surface area contributed by atoms with E-state index in [-0.39, 0.29) is 5.56 Å². The van der Waals surface area contributed by atoms with Gasteiger partial charge in [0.05, 0.1) is 5.52 Å². The molecule has 0 saturated heterocycles. The number of benzene rings is 1. The van der Waals surface area contributed by atoms with Crippen molar-refractivity contribution in [3.05, 3.63) is 71.5 Å². The number of rotatable bonds is 1. The highest BCUT2D eigenvalue weighted by Crippen LogP contribution is 2.23. The fraction of sp³-hybridized carbons (Fsp3) is 0. The number of hydrogen-bond donors (Lipinski definition) is 1. The van der Waals surface area contributed by atoms with Crippen LogP contribution in [0.4, 0.5) is 0 Å². The molecular formula is C16H11N3O. The predicted octanol–water partition coefficient (Wildman–Crippen LogP) is 2.84. The number of H-pyrrole nitrogens is 1. The van der Waals surface area contributed by atoms with Gasteiger partial charge >= 0.3 is 0 Å². The Labute approximate surface area is 114 Å². The van der Waals surface area contributed by atoms with Crippen LogP contribution < -0.4 is 5.56 Å². The molecule has 1 aromatic carbocycles. The van der Waals surface area contributed by atoms with Crippen LogP contribution in [0.15, 0.2) is 66.0 Å². The molecule has 0 aliphatic carbocycles. The lowest BCUT2D eigenvalue weighted by Gasteiger charge is -2.00. The molecule has 1 N–H and O–H groups in total. The Kier molecular flexibility index (Phi) is 2.23. The lowest BCUT2D eigenvalue weighted by molar-refractivity contribution is 1.11. The highest BCUT2D eigenvalue weighted by Gasteiger charge is 2.06. The lowest BCUT2D eigenvalue weighted by Crippen LogP contribution is -2.06. The molecule has 0 unspecified atom stereocenters. The van der Waals surface area contributed by atoms with E-state index in [4.69, 9.17) is 0 Å². The molecule has 4 nitrogen and oxygen atoms in total. The number of nitrogens with zero attached hydrogens (tertiary/aromatic N) is 2. The number of hydrogen-bond acceptors (Lipinski definition) is 2. The maximum atomic E-state index is 11.7. The van der Waals surface area contributed by atoms with Gasteiger partial charge in [-0.2, -0.15) is 0 Å². The number of fused-ring (bicyclic) bond motifs is 2. The Morgan fingerprint density at radius 1 is 1.10 bits per heavy atom. The van der Waals surface area contributed by atoms with Gasteiger partial charge in [0.25, 0.3) is 5.56 Å². The number of nitrogens with one attached hydrogen (secondary N) is 1. The third-order valence-corrected chi connectivity index (χ3v) is 3.45. The molecule has 4 heteroatoms. The third-order valence-electron chi connectivity index (χ3n) is 3.45. The molecule has 0 fully saturated rings. The van der Waals surface area contributed by atoms with Crippen LogP contribution in [0.3, 0.4) is 0 Å². The molecule has 3 heterocycles. The van der Waals surface area contributed by atoms with E-state index in [2.05, 4.69) is 16.0 Å². The van der Waals surface area contributed by atoms with E-state index in [9.17, 15) is 4.79 Å². The predicted molar refractivity (Wildman–Crippen MR) is 78.8 cm³/mol. The minimum atomic E-state index is -0.0903. The molecule has 0 aliphatic heterocycles. The smallest absolute Gasteiger partial charge is 0.272 e. The quantitative estimate of drug-likeness (QED) is 0.573. The van der Waals surface area contributed by atoms with Gasteiger partial charge < -0.3 is 9.38 Å². The van der Waals surface area contributed by atoms with Gasteiger partial charge in [0.1, 0.15) is 5.52 Å². The standard InChI is InChI=1S/C16H11N3O/c20-16-15-8-13(10-19(15)6-5-17-16)12-7-11-3-1-2-4-14(11)18-9-12/h1-10H,(H,17,20). The van der Waals surface area contributed by atoms with E-state index in [0.29, 0.717) is 5.52 Å². The molecule has 0 bridgehead atoms. The first-order valence-electron chi connectivity index (χ1n) is 6.36. The number of aromatic amines is 1. The Morgan fingerprint density at radius 3 is 2.90 bits per heavy atom. The van der Waals surface area contributed by atoms with Crippen molar-refractivity contribution in [1.29, 1.82) is 0 Å². The average Bonchev–Trinajstić information content (AvgIpc) is 2.92. The molecule has 20 heavy (non-hydrogen) atoms. The van der Waals surface area contributed by atoms with Gasteiger partial charge in [0, 0.05) is 41.3 Å². The fourth-order valence-electron chi connectivity index (χ4n) is 2.44. The van der Waals surface area contributed by atoms with Gasteiger partial charge in [-0.25, -0.2) is 0 Å². The third kappa shape index (κ3) is 1.62. The zero-order valence-electron chi connectivity index (χ0n) is 10.6. The molecule has 0 radical (unpaired) electrons. The zero-order valence-corrected chi connectivity index (χ0v) is 10.6. The fourth-order valence-corrected chi connectivity index (χ4v) is 2.44. The van der Waals surface area contributed by atoms with Crippen molar-refractivity contribution in [2.75, 3.05) is 0 Å². The van der Waals surface area contributed by atoms with Crippen LogP contribution in [0.1, 0.15) is 0 Å². The van der Waals surface area contributed by atoms with Gasteiger partial charge in [-0.05, 0) is 18.2 Å². The van der Waals surface area contributed by atoms with Crippen molar-refractivity contribution in [1.82, 2.24) is 14.4 Å². The lowest BCUT2D eigenvalue weighted by atomic mass is 10.1. The van der Waals surface area contributed by atoms with E-state index in [1.165, 1.54) is 0 Å². The van der Waals surface area contributed by atoms with Gasteiger partial charge in [-0.3, -0.25) is 9.78 Å². The number of para-hydroxylation sites is 1. The van der Waals surface area contributed by atoms with Crippen LogP contribution in [0.25, 0.3) is 27.5 Å². The summed E-state index contributed by atoms with van der Waals surface area (Å²) < 4.78 is 1.82.